The molecule has 2 N–H and O–H groups in total. The van der Waals surface area contributed by atoms with E-state index < -0.39 is 0 Å². The molecule has 2 unspecified atom stereocenters. The second kappa shape index (κ2) is 6.00. The topological polar surface area (TPSA) is 54.3 Å². The number of hydrogen-bond acceptors (Lipinski definition) is 3. The lowest BCUT2D eigenvalue weighted by molar-refractivity contribution is -0.128. The fourth-order valence-corrected chi connectivity index (χ4v) is 2.15. The van der Waals surface area contributed by atoms with E-state index in [2.05, 4.69) is 23.6 Å². The quantitative estimate of drug-likeness (QED) is 0.787. The third-order valence-corrected chi connectivity index (χ3v) is 3.73. The monoisotopic (exact) mass is 278 g/mol. The lowest BCUT2D eigenvalue weighted by Gasteiger charge is -2.17. The van der Waals surface area contributed by atoms with Crippen LogP contribution >= 0.6 is 0 Å². The summed E-state index contributed by atoms with van der Waals surface area (Å²) in [5.41, 5.74) is -0.323. The van der Waals surface area contributed by atoms with Crippen LogP contribution in [0.5, 0.6) is 0 Å². The van der Waals surface area contributed by atoms with Crippen LogP contribution in [0.4, 0.5) is 0 Å². The maximum atomic E-state index is 11.7. The van der Waals surface area contributed by atoms with Gasteiger partial charge in [0.15, 0.2) is 0 Å². The second-order valence-electron chi connectivity index (χ2n) is 6.81. The summed E-state index contributed by atoms with van der Waals surface area (Å²) in [6.45, 7) is 10.1. The maximum Gasteiger partial charge on any atom is 0.225 e. The molecule has 0 bridgehead atoms. The summed E-state index contributed by atoms with van der Waals surface area (Å²) in [5.74, 6) is 3.59. The van der Waals surface area contributed by atoms with E-state index in [-0.39, 0.29) is 11.3 Å². The number of carbonyl (C=O) groups excluding carboxylic acids is 1. The van der Waals surface area contributed by atoms with Crippen LogP contribution in [0, 0.1) is 11.3 Å². The molecule has 1 amide bonds. The average Bonchev–Trinajstić information content (AvgIpc) is 2.90. The van der Waals surface area contributed by atoms with Gasteiger partial charge in [-0.25, -0.2) is 0 Å². The molecule has 0 spiro atoms. The Morgan fingerprint density at radius 2 is 2.05 bits per heavy atom. The molecule has 1 heterocycles. The van der Waals surface area contributed by atoms with Crippen molar-refractivity contribution in [2.24, 2.45) is 11.3 Å². The standard InChI is InChI=1S/C16H26N2O2/c1-11-9-13(11)14-6-5-12(20-14)10-17-7-8-18-15(19)16(2,3)4/h5-6,11,13,17H,7-10H2,1-4H3,(H,18,19). The van der Waals surface area contributed by atoms with Crippen molar-refractivity contribution in [3.05, 3.63) is 23.7 Å². The SMILES string of the molecule is CC1CC1c1ccc(CNCCNC(=O)C(C)(C)C)o1. The highest BCUT2D eigenvalue weighted by atomic mass is 16.3. The van der Waals surface area contributed by atoms with Crippen LogP contribution in [0.25, 0.3) is 0 Å². The molecule has 112 valence electrons. The lowest BCUT2D eigenvalue weighted by Crippen LogP contribution is -2.38. The molecule has 1 aliphatic rings. The predicted molar refractivity (Wildman–Crippen MR) is 79.4 cm³/mol. The average molecular weight is 278 g/mol. The van der Waals surface area contributed by atoms with Crippen molar-refractivity contribution in [3.8, 4) is 0 Å². The molecule has 2 atom stereocenters. The van der Waals surface area contributed by atoms with E-state index >= 15 is 0 Å². The minimum atomic E-state index is -0.323. The first-order chi connectivity index (χ1) is 9.38. The summed E-state index contributed by atoms with van der Waals surface area (Å²) in [4.78, 5) is 11.7. The zero-order valence-corrected chi connectivity index (χ0v) is 13.0. The second-order valence-corrected chi connectivity index (χ2v) is 6.81. The number of rotatable bonds is 6. The molecule has 0 aromatic carbocycles. The van der Waals surface area contributed by atoms with Gasteiger partial charge in [0.1, 0.15) is 11.5 Å². The Kier molecular flexibility index (Phi) is 4.53. The van der Waals surface area contributed by atoms with Crippen molar-refractivity contribution in [3.63, 3.8) is 0 Å². The summed E-state index contributed by atoms with van der Waals surface area (Å²) < 4.78 is 5.81. The van der Waals surface area contributed by atoms with E-state index in [0.717, 1.165) is 24.0 Å². The van der Waals surface area contributed by atoms with Gasteiger partial charge < -0.3 is 15.1 Å². The van der Waals surface area contributed by atoms with Crippen LogP contribution in [-0.2, 0) is 11.3 Å². The van der Waals surface area contributed by atoms with Crippen molar-refractivity contribution in [2.75, 3.05) is 13.1 Å². The summed E-state index contributed by atoms with van der Waals surface area (Å²) in [5, 5.41) is 6.20. The third-order valence-electron chi connectivity index (χ3n) is 3.73. The van der Waals surface area contributed by atoms with Crippen LogP contribution in [0.2, 0.25) is 0 Å². The van der Waals surface area contributed by atoms with E-state index in [1.807, 2.05) is 26.8 Å². The van der Waals surface area contributed by atoms with E-state index in [0.29, 0.717) is 19.0 Å². The Morgan fingerprint density at radius 1 is 1.35 bits per heavy atom. The van der Waals surface area contributed by atoms with Gasteiger partial charge in [-0.2, -0.15) is 0 Å². The Bertz CT molecular complexity index is 459. The van der Waals surface area contributed by atoms with Gasteiger partial charge in [0.2, 0.25) is 5.91 Å². The van der Waals surface area contributed by atoms with Crippen LogP contribution in [0.3, 0.4) is 0 Å². The highest BCUT2D eigenvalue weighted by molar-refractivity contribution is 5.81. The van der Waals surface area contributed by atoms with E-state index in [1.165, 1.54) is 6.42 Å². The summed E-state index contributed by atoms with van der Waals surface area (Å²) in [7, 11) is 0. The fourth-order valence-electron chi connectivity index (χ4n) is 2.15. The van der Waals surface area contributed by atoms with Crippen molar-refractivity contribution < 1.29 is 9.21 Å². The van der Waals surface area contributed by atoms with E-state index in [9.17, 15) is 4.79 Å². The number of hydrogen-bond donors (Lipinski definition) is 2. The van der Waals surface area contributed by atoms with Crippen molar-refractivity contribution >= 4 is 5.91 Å². The van der Waals surface area contributed by atoms with Crippen molar-refractivity contribution in [1.82, 2.24) is 10.6 Å². The molecular weight excluding hydrogens is 252 g/mol. The van der Waals surface area contributed by atoms with Crippen molar-refractivity contribution in [2.45, 2.75) is 46.6 Å². The molecule has 20 heavy (non-hydrogen) atoms. The molecule has 4 heteroatoms. The zero-order chi connectivity index (χ0) is 14.8. The summed E-state index contributed by atoms with van der Waals surface area (Å²) >= 11 is 0. The molecule has 1 aromatic heterocycles. The first-order valence-corrected chi connectivity index (χ1v) is 7.45. The third kappa shape index (κ3) is 4.10. The largest absolute Gasteiger partial charge is 0.464 e. The first kappa shape index (κ1) is 15.1. The van der Waals surface area contributed by atoms with Crippen molar-refractivity contribution in [1.29, 1.82) is 0 Å². The van der Waals surface area contributed by atoms with Crippen LogP contribution < -0.4 is 10.6 Å². The Morgan fingerprint density at radius 3 is 2.65 bits per heavy atom. The molecule has 0 saturated heterocycles. The van der Waals surface area contributed by atoms with Crippen LogP contribution in [0.15, 0.2) is 16.5 Å². The molecular formula is C16H26N2O2. The van der Waals surface area contributed by atoms with Gasteiger partial charge >= 0.3 is 0 Å². The fraction of sp³-hybridized carbons (Fsp3) is 0.688. The summed E-state index contributed by atoms with van der Waals surface area (Å²) in [6.07, 6.45) is 1.25. The molecule has 1 saturated carbocycles. The molecule has 2 rings (SSSR count). The molecule has 1 aromatic rings. The number of carbonyl (C=O) groups is 1. The minimum Gasteiger partial charge on any atom is -0.464 e. The van der Waals surface area contributed by atoms with Crippen LogP contribution in [0.1, 0.15) is 51.6 Å². The van der Waals surface area contributed by atoms with Gasteiger partial charge in [0.05, 0.1) is 6.54 Å². The first-order valence-electron chi connectivity index (χ1n) is 7.45. The molecule has 1 fully saturated rings. The molecule has 0 radical (unpaired) electrons. The van der Waals surface area contributed by atoms with E-state index in [1.54, 1.807) is 0 Å². The number of furan rings is 1. The van der Waals surface area contributed by atoms with Crippen LogP contribution in [-0.4, -0.2) is 19.0 Å². The highest BCUT2D eigenvalue weighted by Crippen LogP contribution is 2.47. The molecule has 4 nitrogen and oxygen atoms in total. The Balaban J connectivity index is 1.62. The Hall–Kier alpha value is -1.29. The van der Waals surface area contributed by atoms with Gasteiger partial charge in [-0.3, -0.25) is 4.79 Å². The predicted octanol–water partition coefficient (Wildman–Crippen LogP) is 2.65. The van der Waals surface area contributed by atoms with Gasteiger partial charge in [0, 0.05) is 24.4 Å². The Labute approximate surface area is 121 Å². The number of nitrogens with one attached hydrogen (secondary N) is 2. The van der Waals surface area contributed by atoms with Gasteiger partial charge in [0.25, 0.3) is 0 Å². The number of amides is 1. The maximum absolute atomic E-state index is 11.7. The normalized spacial score (nSPS) is 21.8. The zero-order valence-electron chi connectivity index (χ0n) is 13.0. The summed E-state index contributed by atoms with van der Waals surface area (Å²) in [6, 6.07) is 4.13. The van der Waals surface area contributed by atoms with Gasteiger partial charge in [-0.05, 0) is 24.5 Å². The smallest absolute Gasteiger partial charge is 0.225 e. The lowest BCUT2D eigenvalue weighted by atomic mass is 9.96. The molecule has 0 aliphatic heterocycles. The van der Waals surface area contributed by atoms with Gasteiger partial charge in [-0.15, -0.1) is 0 Å². The minimum absolute atomic E-state index is 0.0855. The molecule has 1 aliphatic carbocycles. The van der Waals surface area contributed by atoms with Gasteiger partial charge in [-0.1, -0.05) is 27.7 Å². The highest BCUT2D eigenvalue weighted by Gasteiger charge is 2.36. The van der Waals surface area contributed by atoms with E-state index in [4.69, 9.17) is 4.42 Å².